The normalized spacial score (nSPS) is 29.8. The predicted molar refractivity (Wildman–Crippen MR) is 181 cm³/mol. The Hall–Kier alpha value is -4.88. The number of allylic oxidation sites excluding steroid dienone is 1. The molecule has 7 atom stereocenters. The average molecular weight is 683 g/mol. The lowest BCUT2D eigenvalue weighted by Gasteiger charge is -2.39. The third-order valence-corrected chi connectivity index (χ3v) is 10.2. The first-order valence-corrected chi connectivity index (χ1v) is 17.2. The topological polar surface area (TPSA) is 156 Å². The van der Waals surface area contributed by atoms with E-state index < -0.39 is 59.5 Å². The van der Waals surface area contributed by atoms with E-state index in [1.54, 1.807) is 27.8 Å². The number of benzene rings is 2. The number of cyclic esters (lactones) is 1. The maximum absolute atomic E-state index is 14.9. The molecule has 0 radical (unpaired) electrons. The number of nitrogens with zero attached hydrogens (tertiary/aromatic N) is 5. The van der Waals surface area contributed by atoms with Crippen molar-refractivity contribution < 1.29 is 33.8 Å². The van der Waals surface area contributed by atoms with Crippen molar-refractivity contribution in [2.45, 2.75) is 69.6 Å². The highest BCUT2D eigenvalue weighted by atomic mass is 16.5. The molecule has 5 heterocycles. The molecule has 2 N–H and O–H groups in total. The number of esters is 1. The lowest BCUT2D eigenvalue weighted by Crippen LogP contribution is -2.58. The van der Waals surface area contributed by atoms with Crippen molar-refractivity contribution >= 4 is 34.7 Å². The molecule has 1 spiro atoms. The minimum Gasteiger partial charge on any atom is -0.463 e. The van der Waals surface area contributed by atoms with Gasteiger partial charge in [0.2, 0.25) is 11.8 Å². The number of rotatable bonds is 7. The van der Waals surface area contributed by atoms with Gasteiger partial charge in [-0.25, -0.2) is 4.68 Å². The summed E-state index contributed by atoms with van der Waals surface area (Å²) in [4.78, 5) is 59.9. The molecular weight excluding hydrogens is 640 g/mol. The van der Waals surface area contributed by atoms with Crippen molar-refractivity contribution in [3.8, 4) is 0 Å². The van der Waals surface area contributed by atoms with Crippen LogP contribution in [0.2, 0.25) is 0 Å². The molecule has 0 bridgehead atoms. The Morgan fingerprint density at radius 3 is 2.58 bits per heavy atom. The zero-order valence-corrected chi connectivity index (χ0v) is 28.1. The fraction of sp³-hybridized carbons (Fsp3) is 0.459. The van der Waals surface area contributed by atoms with Gasteiger partial charge in [-0.05, 0) is 36.5 Å². The Kier molecular flexibility index (Phi) is 9.27. The molecule has 4 aliphatic rings. The van der Waals surface area contributed by atoms with E-state index in [1.165, 1.54) is 4.90 Å². The molecule has 50 heavy (non-hydrogen) atoms. The monoisotopic (exact) mass is 682 g/mol. The summed E-state index contributed by atoms with van der Waals surface area (Å²) in [7, 11) is 0. The van der Waals surface area contributed by atoms with Crippen LogP contribution in [0.25, 0.3) is 11.0 Å². The second-order valence-electron chi connectivity index (χ2n) is 13.9. The largest absolute Gasteiger partial charge is 0.463 e. The average Bonchev–Trinajstić information content (AvgIpc) is 3.71. The van der Waals surface area contributed by atoms with Crippen LogP contribution in [0.4, 0.5) is 0 Å². The van der Waals surface area contributed by atoms with Gasteiger partial charge >= 0.3 is 5.97 Å². The number of carbonyl (C=O) groups excluding carboxylic acids is 4. The molecule has 2 aromatic carbocycles. The van der Waals surface area contributed by atoms with Gasteiger partial charge in [-0.2, -0.15) is 0 Å². The Morgan fingerprint density at radius 2 is 1.80 bits per heavy atom. The summed E-state index contributed by atoms with van der Waals surface area (Å²) in [5.74, 6) is -3.65. The Bertz CT molecular complexity index is 1820. The summed E-state index contributed by atoms with van der Waals surface area (Å²) in [6.07, 6.45) is 7.11. The Labute approximate surface area is 289 Å². The molecule has 3 aromatic rings. The summed E-state index contributed by atoms with van der Waals surface area (Å²) in [6, 6.07) is 14.1. The van der Waals surface area contributed by atoms with E-state index >= 15 is 0 Å². The minimum atomic E-state index is -1.51. The zero-order chi connectivity index (χ0) is 35.0. The van der Waals surface area contributed by atoms with Crippen LogP contribution in [-0.2, 0) is 35.3 Å². The van der Waals surface area contributed by atoms with Crippen molar-refractivity contribution in [1.82, 2.24) is 30.1 Å². The predicted octanol–water partition coefficient (Wildman–Crippen LogP) is 2.53. The zero-order valence-electron chi connectivity index (χ0n) is 28.1. The van der Waals surface area contributed by atoms with Crippen LogP contribution in [0.3, 0.4) is 0 Å². The molecule has 4 aliphatic heterocycles. The smallest absolute Gasteiger partial charge is 0.306 e. The van der Waals surface area contributed by atoms with Crippen LogP contribution in [-0.4, -0.2) is 97.1 Å². The molecule has 1 aromatic heterocycles. The second-order valence-corrected chi connectivity index (χ2v) is 13.9. The Balaban J connectivity index is 1.30. The Morgan fingerprint density at radius 1 is 1.02 bits per heavy atom. The number of amides is 3. The number of hydrogen-bond acceptors (Lipinski definition) is 9. The van der Waals surface area contributed by atoms with Crippen LogP contribution >= 0.6 is 0 Å². The number of para-hydroxylation sites is 1. The molecule has 0 saturated carbocycles. The first kappa shape index (κ1) is 33.6. The van der Waals surface area contributed by atoms with Gasteiger partial charge in [0, 0.05) is 13.0 Å². The standard InChI is InChI=1S/C37H42N6O7/c1-23(2)19-25(20-44)43-33-36(48)41(22-42-28-14-7-6-13-26(28)39-40-42)18-10-17-37(33)32(35(43)47)31-29(50-37)15-8-9-16-30(45)49-21-27(38-34(31)46)24-11-4-3-5-12-24/h3-8,10-15,17,23,25,27,29,31-33,44H,9,16,18-22H2,1-2H3,(H,38,46)/b15-8-/t25-,27-,29+,31-,32-,33+,37-/m1/s1. The summed E-state index contributed by atoms with van der Waals surface area (Å²) < 4.78 is 14.0. The molecule has 3 amide bonds. The number of likely N-dealkylation sites (tertiary alicyclic amines) is 1. The maximum Gasteiger partial charge on any atom is 0.306 e. The van der Waals surface area contributed by atoms with Crippen LogP contribution in [0.1, 0.15) is 44.7 Å². The summed E-state index contributed by atoms with van der Waals surface area (Å²) >= 11 is 0. The lowest BCUT2D eigenvalue weighted by molar-refractivity contribution is -0.152. The molecule has 2 fully saturated rings. The van der Waals surface area contributed by atoms with E-state index in [2.05, 4.69) is 15.6 Å². The molecule has 13 heteroatoms. The van der Waals surface area contributed by atoms with Gasteiger partial charge in [-0.1, -0.05) is 85.8 Å². The molecule has 13 nitrogen and oxygen atoms in total. The van der Waals surface area contributed by atoms with E-state index in [-0.39, 0.29) is 44.7 Å². The molecule has 7 rings (SSSR count). The molecule has 0 aliphatic carbocycles. The third kappa shape index (κ3) is 5.98. The first-order chi connectivity index (χ1) is 24.2. The quantitative estimate of drug-likeness (QED) is 0.283. The van der Waals surface area contributed by atoms with Crippen LogP contribution in [0.5, 0.6) is 0 Å². The van der Waals surface area contributed by atoms with E-state index in [4.69, 9.17) is 9.47 Å². The van der Waals surface area contributed by atoms with Crippen molar-refractivity contribution in [3.63, 3.8) is 0 Å². The lowest BCUT2D eigenvalue weighted by atomic mass is 9.77. The molecule has 262 valence electrons. The van der Waals surface area contributed by atoms with Gasteiger partial charge in [0.25, 0.3) is 5.91 Å². The third-order valence-electron chi connectivity index (χ3n) is 10.2. The summed E-state index contributed by atoms with van der Waals surface area (Å²) in [5, 5.41) is 22.3. The molecular formula is C37H42N6O7. The van der Waals surface area contributed by atoms with E-state index in [1.807, 2.05) is 74.5 Å². The number of aromatic nitrogens is 3. The van der Waals surface area contributed by atoms with Gasteiger partial charge in [0.1, 0.15) is 30.4 Å². The summed E-state index contributed by atoms with van der Waals surface area (Å²) in [6.45, 7) is 3.80. The van der Waals surface area contributed by atoms with Gasteiger partial charge in [-0.15, -0.1) is 5.10 Å². The van der Waals surface area contributed by atoms with E-state index in [0.29, 0.717) is 18.4 Å². The van der Waals surface area contributed by atoms with Crippen LogP contribution < -0.4 is 5.32 Å². The molecule has 0 unspecified atom stereocenters. The van der Waals surface area contributed by atoms with Crippen molar-refractivity contribution in [2.24, 2.45) is 17.8 Å². The number of hydrogen-bond donors (Lipinski definition) is 2. The van der Waals surface area contributed by atoms with Crippen LogP contribution in [0.15, 0.2) is 78.9 Å². The number of aliphatic hydroxyl groups is 1. The van der Waals surface area contributed by atoms with Crippen molar-refractivity contribution in [2.75, 3.05) is 19.8 Å². The van der Waals surface area contributed by atoms with Crippen molar-refractivity contribution in [1.29, 1.82) is 0 Å². The number of ether oxygens (including phenoxy) is 2. The van der Waals surface area contributed by atoms with E-state index in [9.17, 15) is 24.3 Å². The number of nitrogens with one attached hydrogen (secondary N) is 1. The van der Waals surface area contributed by atoms with Gasteiger partial charge in [0.05, 0.1) is 42.1 Å². The van der Waals surface area contributed by atoms with Crippen molar-refractivity contribution in [3.05, 3.63) is 84.5 Å². The first-order valence-electron chi connectivity index (χ1n) is 17.2. The number of fused-ring (bicyclic) bond motifs is 3. The van der Waals surface area contributed by atoms with E-state index in [0.717, 1.165) is 11.1 Å². The molecule has 2 saturated heterocycles. The number of aliphatic hydroxyl groups excluding tert-OH is 1. The minimum absolute atomic E-state index is 0.0664. The highest BCUT2D eigenvalue weighted by Gasteiger charge is 2.72. The maximum atomic E-state index is 14.9. The van der Waals surface area contributed by atoms with Crippen LogP contribution in [0, 0.1) is 17.8 Å². The SMILES string of the molecule is CC(C)C[C@H](CO)N1C(=O)[C@H]2[C@@H]3C(=O)N[C@@H](c4ccccc4)COC(=O)CC/C=C\[C@@H]3O[C@]23C=CCN(Cn2nnc4ccccc42)C(=O)[C@H]13. The van der Waals surface area contributed by atoms with Gasteiger partial charge < -0.3 is 29.7 Å². The fourth-order valence-electron chi connectivity index (χ4n) is 7.95. The summed E-state index contributed by atoms with van der Waals surface area (Å²) in [5.41, 5.74) is 0.662. The van der Waals surface area contributed by atoms with Gasteiger partial charge in [0.15, 0.2) is 0 Å². The highest BCUT2D eigenvalue weighted by molar-refractivity contribution is 6.00. The second kappa shape index (κ2) is 13.8. The highest BCUT2D eigenvalue weighted by Crippen LogP contribution is 2.53. The van der Waals surface area contributed by atoms with Gasteiger partial charge in [-0.3, -0.25) is 19.2 Å². The fourth-order valence-corrected chi connectivity index (χ4v) is 7.95. The number of carbonyl (C=O) groups is 4.